The normalized spacial score (nSPS) is 10.2. The van der Waals surface area contributed by atoms with Crippen molar-refractivity contribution in [2.45, 2.75) is 6.92 Å². The van der Waals surface area contributed by atoms with Gasteiger partial charge in [-0.25, -0.2) is 9.78 Å². The highest BCUT2D eigenvalue weighted by Gasteiger charge is 2.11. The van der Waals surface area contributed by atoms with Crippen LogP contribution in [0.2, 0.25) is 0 Å². The highest BCUT2D eigenvalue weighted by atomic mass is 32.1. The summed E-state index contributed by atoms with van der Waals surface area (Å²) in [4.78, 5) is 15.1. The van der Waals surface area contributed by atoms with Gasteiger partial charge in [-0.15, -0.1) is 11.3 Å². The fourth-order valence-corrected chi connectivity index (χ4v) is 2.21. The minimum atomic E-state index is -0.951. The minimum Gasteiger partial charge on any atom is -0.496 e. The van der Waals surface area contributed by atoms with E-state index in [9.17, 15) is 4.79 Å². The standard InChI is InChI=1S/C12H11NO3S/c1-7-3-4-8(5-9(7)16-2)11-13-6-10(17-11)12(14)15/h3-6H,1-2H3,(H,14,15). The summed E-state index contributed by atoms with van der Waals surface area (Å²) >= 11 is 1.15. The van der Waals surface area contributed by atoms with Crippen molar-refractivity contribution in [2.75, 3.05) is 7.11 Å². The number of ether oxygens (including phenoxy) is 1. The average Bonchev–Trinajstić information content (AvgIpc) is 2.79. The van der Waals surface area contributed by atoms with Crippen LogP contribution in [0.4, 0.5) is 0 Å². The molecule has 1 N–H and O–H groups in total. The van der Waals surface area contributed by atoms with Crippen LogP contribution in [-0.4, -0.2) is 23.2 Å². The van der Waals surface area contributed by atoms with Crippen molar-refractivity contribution >= 4 is 17.3 Å². The quantitative estimate of drug-likeness (QED) is 0.908. The summed E-state index contributed by atoms with van der Waals surface area (Å²) in [6, 6.07) is 5.69. The molecule has 0 fully saturated rings. The van der Waals surface area contributed by atoms with Gasteiger partial charge in [0.25, 0.3) is 0 Å². The summed E-state index contributed by atoms with van der Waals surface area (Å²) in [6.45, 7) is 1.95. The van der Waals surface area contributed by atoms with Crippen LogP contribution >= 0.6 is 11.3 Å². The molecule has 2 rings (SSSR count). The first kappa shape index (κ1) is 11.6. The zero-order valence-corrected chi connectivity index (χ0v) is 10.2. The number of nitrogens with zero attached hydrogens (tertiary/aromatic N) is 1. The van der Waals surface area contributed by atoms with E-state index in [2.05, 4.69) is 4.98 Å². The number of aromatic carboxylic acids is 1. The van der Waals surface area contributed by atoms with E-state index in [1.165, 1.54) is 6.20 Å². The molecule has 1 aromatic heterocycles. The first-order valence-corrected chi connectivity index (χ1v) is 5.77. The summed E-state index contributed by atoms with van der Waals surface area (Å²) in [5.74, 6) is -0.178. The summed E-state index contributed by atoms with van der Waals surface area (Å²) in [5.41, 5.74) is 1.90. The lowest BCUT2D eigenvalue weighted by Gasteiger charge is -2.05. The van der Waals surface area contributed by atoms with Gasteiger partial charge in [0.2, 0.25) is 0 Å². The molecular formula is C12H11NO3S. The van der Waals surface area contributed by atoms with Crippen LogP contribution in [-0.2, 0) is 0 Å². The van der Waals surface area contributed by atoms with Crippen LogP contribution in [0.25, 0.3) is 10.6 Å². The first-order valence-electron chi connectivity index (χ1n) is 4.96. The largest absolute Gasteiger partial charge is 0.496 e. The Kier molecular flexibility index (Phi) is 3.10. The number of carboxylic acid groups (broad SMARTS) is 1. The van der Waals surface area contributed by atoms with E-state index < -0.39 is 5.97 Å². The van der Waals surface area contributed by atoms with E-state index in [1.807, 2.05) is 25.1 Å². The molecule has 4 nitrogen and oxygen atoms in total. The van der Waals surface area contributed by atoms with Gasteiger partial charge in [-0.05, 0) is 18.6 Å². The van der Waals surface area contributed by atoms with Crippen molar-refractivity contribution < 1.29 is 14.6 Å². The summed E-state index contributed by atoms with van der Waals surface area (Å²) < 4.78 is 5.22. The Bertz CT molecular complexity index is 563. The highest BCUT2D eigenvalue weighted by molar-refractivity contribution is 7.16. The predicted octanol–water partition coefficient (Wildman–Crippen LogP) is 2.83. The van der Waals surface area contributed by atoms with Gasteiger partial charge in [-0.1, -0.05) is 12.1 Å². The zero-order chi connectivity index (χ0) is 12.4. The molecule has 17 heavy (non-hydrogen) atoms. The third-order valence-corrected chi connectivity index (χ3v) is 3.41. The molecule has 0 atom stereocenters. The number of rotatable bonds is 3. The molecule has 0 saturated carbocycles. The Morgan fingerprint density at radius 2 is 2.24 bits per heavy atom. The van der Waals surface area contributed by atoms with Crippen molar-refractivity contribution in [2.24, 2.45) is 0 Å². The second kappa shape index (κ2) is 4.55. The summed E-state index contributed by atoms with van der Waals surface area (Å²) in [7, 11) is 1.61. The maximum atomic E-state index is 10.8. The number of hydrogen-bond acceptors (Lipinski definition) is 4. The predicted molar refractivity (Wildman–Crippen MR) is 65.8 cm³/mol. The monoisotopic (exact) mass is 249 g/mol. The fraction of sp³-hybridized carbons (Fsp3) is 0.167. The maximum Gasteiger partial charge on any atom is 0.347 e. The Labute approximate surface area is 103 Å². The molecule has 0 bridgehead atoms. The molecule has 0 aliphatic heterocycles. The lowest BCUT2D eigenvalue weighted by Crippen LogP contribution is -1.89. The molecule has 0 aliphatic rings. The van der Waals surface area contributed by atoms with Gasteiger partial charge in [0.05, 0.1) is 13.3 Å². The lowest BCUT2D eigenvalue weighted by atomic mass is 10.1. The molecule has 0 unspecified atom stereocenters. The molecule has 0 aliphatic carbocycles. The highest BCUT2D eigenvalue weighted by Crippen LogP contribution is 2.29. The third kappa shape index (κ3) is 2.29. The molecule has 0 amide bonds. The smallest absolute Gasteiger partial charge is 0.347 e. The van der Waals surface area contributed by atoms with Crippen LogP contribution in [0.3, 0.4) is 0 Å². The van der Waals surface area contributed by atoms with E-state index >= 15 is 0 Å². The Balaban J connectivity index is 2.42. The van der Waals surface area contributed by atoms with Gasteiger partial charge in [-0.3, -0.25) is 0 Å². The summed E-state index contributed by atoms with van der Waals surface area (Å²) in [6.07, 6.45) is 1.37. The Morgan fingerprint density at radius 1 is 1.47 bits per heavy atom. The minimum absolute atomic E-state index is 0.236. The van der Waals surface area contributed by atoms with Crippen LogP contribution in [0, 0.1) is 6.92 Å². The number of thiazole rings is 1. The van der Waals surface area contributed by atoms with E-state index in [1.54, 1.807) is 7.11 Å². The maximum absolute atomic E-state index is 10.8. The molecule has 1 heterocycles. The molecule has 2 aromatic rings. The van der Waals surface area contributed by atoms with Gasteiger partial charge >= 0.3 is 5.97 Å². The van der Waals surface area contributed by atoms with Crippen molar-refractivity contribution in [3.05, 3.63) is 34.8 Å². The number of methoxy groups -OCH3 is 1. The number of aryl methyl sites for hydroxylation is 1. The second-order valence-electron chi connectivity index (χ2n) is 3.52. The van der Waals surface area contributed by atoms with E-state index in [4.69, 9.17) is 9.84 Å². The van der Waals surface area contributed by atoms with Crippen LogP contribution in [0.1, 0.15) is 15.2 Å². The van der Waals surface area contributed by atoms with Crippen molar-refractivity contribution in [3.8, 4) is 16.3 Å². The molecule has 88 valence electrons. The van der Waals surface area contributed by atoms with Gasteiger partial charge in [0.15, 0.2) is 0 Å². The van der Waals surface area contributed by atoms with E-state index in [0.717, 1.165) is 28.2 Å². The molecule has 0 radical (unpaired) electrons. The number of carbonyl (C=O) groups is 1. The van der Waals surface area contributed by atoms with Gasteiger partial charge < -0.3 is 9.84 Å². The van der Waals surface area contributed by atoms with E-state index in [0.29, 0.717) is 5.01 Å². The van der Waals surface area contributed by atoms with Crippen molar-refractivity contribution in [3.63, 3.8) is 0 Å². The molecule has 1 aromatic carbocycles. The zero-order valence-electron chi connectivity index (χ0n) is 9.43. The van der Waals surface area contributed by atoms with Crippen molar-refractivity contribution in [1.29, 1.82) is 0 Å². The van der Waals surface area contributed by atoms with Crippen LogP contribution < -0.4 is 4.74 Å². The SMILES string of the molecule is COc1cc(-c2ncc(C(=O)O)s2)ccc1C. The topological polar surface area (TPSA) is 59.4 Å². The van der Waals surface area contributed by atoms with Crippen LogP contribution in [0.15, 0.2) is 24.4 Å². The molecule has 5 heteroatoms. The summed E-state index contributed by atoms with van der Waals surface area (Å²) in [5, 5.41) is 9.52. The first-order chi connectivity index (χ1) is 8.11. The fourth-order valence-electron chi connectivity index (χ4n) is 1.46. The third-order valence-electron chi connectivity index (χ3n) is 2.37. The Hall–Kier alpha value is -1.88. The van der Waals surface area contributed by atoms with Gasteiger partial charge in [0, 0.05) is 5.56 Å². The number of carboxylic acids is 1. The molecule has 0 spiro atoms. The van der Waals surface area contributed by atoms with Crippen molar-refractivity contribution in [1.82, 2.24) is 4.98 Å². The van der Waals surface area contributed by atoms with E-state index in [-0.39, 0.29) is 4.88 Å². The van der Waals surface area contributed by atoms with Gasteiger partial charge in [-0.2, -0.15) is 0 Å². The number of hydrogen-bond donors (Lipinski definition) is 1. The van der Waals surface area contributed by atoms with Crippen LogP contribution in [0.5, 0.6) is 5.75 Å². The lowest BCUT2D eigenvalue weighted by molar-refractivity contribution is 0.0702. The Morgan fingerprint density at radius 3 is 2.82 bits per heavy atom. The molecule has 0 saturated heterocycles. The number of aromatic nitrogens is 1. The number of benzene rings is 1. The average molecular weight is 249 g/mol. The van der Waals surface area contributed by atoms with Gasteiger partial charge in [0.1, 0.15) is 15.6 Å². The molecular weight excluding hydrogens is 238 g/mol. The second-order valence-corrected chi connectivity index (χ2v) is 4.55.